The van der Waals surface area contributed by atoms with Crippen LogP contribution < -0.4 is 0 Å². The molecule has 78 valence electrons. The van der Waals surface area contributed by atoms with Crippen molar-refractivity contribution in [2.45, 2.75) is 6.92 Å². The van der Waals surface area contributed by atoms with Gasteiger partial charge in [-0.05, 0) is 19.1 Å². The fourth-order valence-corrected chi connectivity index (χ4v) is 1.86. The molecule has 0 spiro atoms. The molecule has 0 fully saturated rings. The second kappa shape index (κ2) is 3.86. The number of hydrogen-bond donors (Lipinski definition) is 0. The molecule has 0 saturated heterocycles. The number of carbonyl (C=O) groups excluding carboxylic acids is 1. The van der Waals surface area contributed by atoms with Crippen molar-refractivity contribution in [3.05, 3.63) is 28.3 Å². The highest BCUT2D eigenvalue weighted by Gasteiger charge is 2.13. The van der Waals surface area contributed by atoms with Crippen LogP contribution in [0.3, 0.4) is 0 Å². The summed E-state index contributed by atoms with van der Waals surface area (Å²) in [4.78, 5) is 15.3. The topological polar surface area (TPSA) is 52.3 Å². The van der Waals surface area contributed by atoms with Gasteiger partial charge in [0.25, 0.3) is 0 Å². The van der Waals surface area contributed by atoms with Gasteiger partial charge in [0.1, 0.15) is 11.5 Å². The van der Waals surface area contributed by atoms with E-state index in [9.17, 15) is 4.79 Å². The van der Waals surface area contributed by atoms with Crippen LogP contribution in [0, 0.1) is 6.92 Å². The van der Waals surface area contributed by atoms with Crippen LogP contribution in [-0.2, 0) is 4.74 Å². The Morgan fingerprint density at radius 3 is 2.93 bits per heavy atom. The van der Waals surface area contributed by atoms with Crippen LogP contribution in [0.5, 0.6) is 0 Å². The molecule has 0 aliphatic heterocycles. The minimum Gasteiger partial charge on any atom is -0.464 e. The fraction of sp³-hybridized carbons (Fsp3) is 0.200. The van der Waals surface area contributed by atoms with Crippen LogP contribution in [0.25, 0.3) is 11.5 Å². The van der Waals surface area contributed by atoms with Crippen LogP contribution in [0.15, 0.2) is 21.9 Å². The minimum atomic E-state index is -0.422. The Balaban J connectivity index is 2.31. The summed E-state index contributed by atoms with van der Waals surface area (Å²) in [6, 6.07) is 3.68. The van der Waals surface area contributed by atoms with Gasteiger partial charge in [0.2, 0.25) is 5.01 Å². The highest BCUT2D eigenvalue weighted by Crippen LogP contribution is 2.23. The van der Waals surface area contributed by atoms with Crippen molar-refractivity contribution in [1.29, 1.82) is 0 Å². The van der Waals surface area contributed by atoms with Gasteiger partial charge in [-0.2, -0.15) is 0 Å². The average Bonchev–Trinajstić information content (AvgIpc) is 2.84. The molecular formula is C10H9NO3S. The van der Waals surface area contributed by atoms with E-state index in [-0.39, 0.29) is 0 Å². The van der Waals surface area contributed by atoms with Crippen molar-refractivity contribution in [2.75, 3.05) is 7.11 Å². The smallest absolute Gasteiger partial charge is 0.367 e. The predicted octanol–water partition coefficient (Wildman–Crippen LogP) is 2.50. The molecule has 0 unspecified atom stereocenters. The molecule has 5 heteroatoms. The molecular weight excluding hydrogens is 214 g/mol. The standard InChI is InChI=1S/C10H9NO3S/c1-6-3-4-8(14-6)7-5-15-9(11-7)10(12)13-2/h3-5H,1-2H3. The van der Waals surface area contributed by atoms with Crippen molar-refractivity contribution in [1.82, 2.24) is 4.98 Å². The van der Waals surface area contributed by atoms with Crippen LogP contribution in [0.4, 0.5) is 0 Å². The number of aryl methyl sites for hydroxylation is 1. The molecule has 4 nitrogen and oxygen atoms in total. The molecule has 0 amide bonds. The van der Waals surface area contributed by atoms with E-state index in [1.54, 1.807) is 5.38 Å². The van der Waals surface area contributed by atoms with Gasteiger partial charge in [0.15, 0.2) is 5.76 Å². The molecule has 2 heterocycles. The second-order valence-electron chi connectivity index (χ2n) is 2.94. The van der Waals surface area contributed by atoms with Gasteiger partial charge >= 0.3 is 5.97 Å². The number of furan rings is 1. The number of aromatic nitrogens is 1. The van der Waals surface area contributed by atoms with Gasteiger partial charge in [-0.3, -0.25) is 0 Å². The Morgan fingerprint density at radius 1 is 1.53 bits per heavy atom. The monoisotopic (exact) mass is 223 g/mol. The average molecular weight is 223 g/mol. The maximum Gasteiger partial charge on any atom is 0.367 e. The SMILES string of the molecule is COC(=O)c1nc(-c2ccc(C)o2)cs1. The molecule has 0 atom stereocenters. The lowest BCUT2D eigenvalue weighted by atomic mass is 10.3. The van der Waals surface area contributed by atoms with E-state index in [4.69, 9.17) is 4.42 Å². The van der Waals surface area contributed by atoms with E-state index >= 15 is 0 Å². The van der Waals surface area contributed by atoms with Crippen molar-refractivity contribution < 1.29 is 13.9 Å². The summed E-state index contributed by atoms with van der Waals surface area (Å²) >= 11 is 1.24. The number of carbonyl (C=O) groups is 1. The quantitative estimate of drug-likeness (QED) is 0.734. The number of esters is 1. The molecule has 0 bridgehead atoms. The van der Waals surface area contributed by atoms with Gasteiger partial charge < -0.3 is 9.15 Å². The van der Waals surface area contributed by atoms with Gasteiger partial charge in [-0.1, -0.05) is 0 Å². The van der Waals surface area contributed by atoms with Crippen LogP contribution in [-0.4, -0.2) is 18.1 Å². The third kappa shape index (κ3) is 1.92. The van der Waals surface area contributed by atoms with Crippen LogP contribution in [0.2, 0.25) is 0 Å². The largest absolute Gasteiger partial charge is 0.464 e. The maximum absolute atomic E-state index is 11.2. The number of methoxy groups -OCH3 is 1. The molecule has 0 aromatic carbocycles. The number of thiazole rings is 1. The Hall–Kier alpha value is -1.62. The zero-order valence-electron chi connectivity index (χ0n) is 8.31. The molecule has 0 saturated carbocycles. The summed E-state index contributed by atoms with van der Waals surface area (Å²) in [5.41, 5.74) is 0.661. The molecule has 0 N–H and O–H groups in total. The first-order chi connectivity index (χ1) is 7.20. The van der Waals surface area contributed by atoms with Crippen LogP contribution in [0.1, 0.15) is 15.6 Å². The fourth-order valence-electron chi connectivity index (χ4n) is 1.14. The lowest BCUT2D eigenvalue weighted by Gasteiger charge is -1.91. The summed E-state index contributed by atoms with van der Waals surface area (Å²) in [6.45, 7) is 1.86. The van der Waals surface area contributed by atoms with Crippen molar-refractivity contribution in [2.24, 2.45) is 0 Å². The maximum atomic E-state index is 11.2. The third-order valence-corrected chi connectivity index (χ3v) is 2.68. The van der Waals surface area contributed by atoms with Crippen LogP contribution >= 0.6 is 11.3 Å². The second-order valence-corrected chi connectivity index (χ2v) is 3.80. The minimum absolute atomic E-state index is 0.335. The lowest BCUT2D eigenvalue weighted by Crippen LogP contribution is -1.99. The summed E-state index contributed by atoms with van der Waals surface area (Å²) in [7, 11) is 1.33. The van der Waals surface area contributed by atoms with Crippen molar-refractivity contribution in [3.63, 3.8) is 0 Å². The van der Waals surface area contributed by atoms with E-state index < -0.39 is 5.97 Å². The third-order valence-electron chi connectivity index (χ3n) is 1.86. The zero-order valence-corrected chi connectivity index (χ0v) is 9.13. The van der Waals surface area contributed by atoms with E-state index in [1.165, 1.54) is 18.4 Å². The Labute approximate surface area is 90.5 Å². The van der Waals surface area contributed by atoms with E-state index in [0.717, 1.165) is 5.76 Å². The summed E-state index contributed by atoms with van der Waals surface area (Å²) in [6.07, 6.45) is 0. The predicted molar refractivity (Wildman–Crippen MR) is 55.9 cm³/mol. The summed E-state index contributed by atoms with van der Waals surface area (Å²) in [5.74, 6) is 1.06. The van der Waals surface area contributed by atoms with Crippen molar-refractivity contribution in [3.8, 4) is 11.5 Å². The zero-order chi connectivity index (χ0) is 10.8. The first kappa shape index (κ1) is 9.92. The number of ether oxygens (including phenoxy) is 1. The summed E-state index contributed by atoms with van der Waals surface area (Å²) in [5, 5.41) is 2.10. The molecule has 2 aromatic heterocycles. The lowest BCUT2D eigenvalue weighted by molar-refractivity contribution is 0.0600. The number of nitrogens with zero attached hydrogens (tertiary/aromatic N) is 1. The number of hydrogen-bond acceptors (Lipinski definition) is 5. The Bertz CT molecular complexity index is 486. The first-order valence-corrected chi connectivity index (χ1v) is 5.19. The molecule has 2 rings (SSSR count). The Morgan fingerprint density at radius 2 is 2.33 bits per heavy atom. The van der Waals surface area contributed by atoms with Gasteiger partial charge in [0, 0.05) is 5.38 Å². The molecule has 2 aromatic rings. The highest BCUT2D eigenvalue weighted by molar-refractivity contribution is 7.11. The highest BCUT2D eigenvalue weighted by atomic mass is 32.1. The van der Waals surface area contributed by atoms with Crippen molar-refractivity contribution >= 4 is 17.3 Å². The molecule has 0 aliphatic carbocycles. The van der Waals surface area contributed by atoms with Gasteiger partial charge in [-0.15, -0.1) is 11.3 Å². The normalized spacial score (nSPS) is 10.3. The first-order valence-electron chi connectivity index (χ1n) is 4.31. The van der Waals surface area contributed by atoms with E-state index in [1.807, 2.05) is 19.1 Å². The summed E-state index contributed by atoms with van der Waals surface area (Å²) < 4.78 is 9.96. The van der Waals surface area contributed by atoms with E-state index in [2.05, 4.69) is 9.72 Å². The molecule has 0 radical (unpaired) electrons. The number of rotatable bonds is 2. The van der Waals surface area contributed by atoms with Gasteiger partial charge in [-0.25, -0.2) is 9.78 Å². The molecule has 0 aliphatic rings. The van der Waals surface area contributed by atoms with Gasteiger partial charge in [0.05, 0.1) is 7.11 Å². The van der Waals surface area contributed by atoms with E-state index in [0.29, 0.717) is 16.5 Å². The molecule has 15 heavy (non-hydrogen) atoms. The Kier molecular flexibility index (Phi) is 2.55.